The minimum absolute atomic E-state index is 0.0332. The summed E-state index contributed by atoms with van der Waals surface area (Å²) in [5, 5.41) is 15.6. The van der Waals surface area contributed by atoms with Crippen molar-refractivity contribution < 1.29 is 41.0 Å². The molecular weight excluding hydrogens is 573 g/mol. The second-order valence-electron chi connectivity index (χ2n) is 10.7. The number of carbonyl (C=O) groups excluding carboxylic acids is 2. The second kappa shape index (κ2) is 11.0. The van der Waals surface area contributed by atoms with Crippen molar-refractivity contribution in [2.45, 2.75) is 47.9 Å². The lowest BCUT2D eigenvalue weighted by Crippen LogP contribution is -2.55. The number of sulfone groups is 1. The van der Waals surface area contributed by atoms with Crippen molar-refractivity contribution in [1.29, 1.82) is 0 Å². The molecule has 2 aliphatic carbocycles. The van der Waals surface area contributed by atoms with E-state index in [1.165, 1.54) is 12.1 Å². The molecule has 13 heteroatoms. The number of anilines is 1. The minimum Gasteiger partial charge on any atom is -0.387 e. The largest absolute Gasteiger partial charge is 0.387 e. The molecule has 2 saturated carbocycles. The number of benzene rings is 2. The van der Waals surface area contributed by atoms with Gasteiger partial charge in [0.25, 0.3) is 5.91 Å². The Hall–Kier alpha value is -2.67. The van der Waals surface area contributed by atoms with Crippen LogP contribution in [0.4, 0.5) is 18.9 Å². The van der Waals surface area contributed by atoms with E-state index in [1.807, 2.05) is 0 Å². The highest BCUT2D eigenvalue weighted by molar-refractivity contribution is 7.92. The Labute approximate surface area is 234 Å². The molecule has 8 nitrogen and oxygen atoms in total. The number of halogens is 4. The lowest BCUT2D eigenvalue weighted by atomic mass is 9.74. The first-order valence-corrected chi connectivity index (χ1v) is 14.9. The molecule has 5 atom stereocenters. The number of hydrogen-bond donors (Lipinski definition) is 3. The van der Waals surface area contributed by atoms with E-state index in [0.29, 0.717) is 44.6 Å². The molecule has 0 aromatic heterocycles. The molecule has 2 unspecified atom stereocenters. The summed E-state index contributed by atoms with van der Waals surface area (Å²) in [7, 11) is -4.06. The number of aliphatic hydroxyl groups is 1. The number of nitrogens with one attached hydrogen (secondary N) is 2. The van der Waals surface area contributed by atoms with Crippen molar-refractivity contribution in [1.82, 2.24) is 5.32 Å². The predicted octanol–water partition coefficient (Wildman–Crippen LogP) is 3.86. The zero-order valence-electron chi connectivity index (χ0n) is 21.3. The maximum absolute atomic E-state index is 13.7. The van der Waals surface area contributed by atoms with E-state index in [0.717, 1.165) is 6.07 Å². The molecule has 1 heterocycles. The lowest BCUT2D eigenvalue weighted by molar-refractivity contribution is -0.128. The van der Waals surface area contributed by atoms with Crippen molar-refractivity contribution >= 4 is 38.9 Å². The van der Waals surface area contributed by atoms with Gasteiger partial charge < -0.3 is 20.5 Å². The minimum atomic E-state index is -4.06. The summed E-state index contributed by atoms with van der Waals surface area (Å²) in [5.41, 5.74) is -1.72. The molecule has 3 fully saturated rings. The zero-order valence-corrected chi connectivity index (χ0v) is 22.8. The van der Waals surface area contributed by atoms with Crippen LogP contribution in [0, 0.1) is 35.2 Å². The summed E-state index contributed by atoms with van der Waals surface area (Å²) >= 11 is 6.26. The van der Waals surface area contributed by atoms with Gasteiger partial charge >= 0.3 is 0 Å². The molecule has 1 aliphatic heterocycles. The van der Waals surface area contributed by atoms with Gasteiger partial charge in [-0.05, 0) is 62.1 Å². The predicted molar refractivity (Wildman–Crippen MR) is 139 cm³/mol. The molecule has 5 rings (SSSR count). The van der Waals surface area contributed by atoms with Crippen molar-refractivity contribution in [2.24, 2.45) is 17.8 Å². The zero-order chi connectivity index (χ0) is 28.8. The van der Waals surface area contributed by atoms with E-state index < -0.39 is 44.0 Å². The van der Waals surface area contributed by atoms with E-state index in [4.69, 9.17) is 16.3 Å². The Bertz CT molecular complexity index is 1410. The standard InChI is InChI=1S/C27H28ClF3N2O6S/c28-20-4-1-14(26(35)33-18-10-21(29)24(31)22(30)11-18)7-23(20)40(37,38)19-8-16-2-3-17(9-19)27(16,36)13-32-25(34)15-5-6-39-12-15/h1,4,7,10-11,15-17,19,36H,2-3,5-6,8-9,12-13H2,(H,32,34)(H,33,35)/t15?,16-,17?,19-,27-/m0/s1. The van der Waals surface area contributed by atoms with Gasteiger partial charge in [0.2, 0.25) is 5.91 Å². The highest BCUT2D eigenvalue weighted by Gasteiger charge is 2.55. The smallest absolute Gasteiger partial charge is 0.255 e. The fourth-order valence-electron chi connectivity index (χ4n) is 6.14. The molecule has 40 heavy (non-hydrogen) atoms. The fourth-order valence-corrected chi connectivity index (χ4v) is 8.54. The summed E-state index contributed by atoms with van der Waals surface area (Å²) in [5.74, 6) is -6.71. The average molecular weight is 601 g/mol. The van der Waals surface area contributed by atoms with Crippen LogP contribution in [0.3, 0.4) is 0 Å². The van der Waals surface area contributed by atoms with Gasteiger partial charge in [-0.25, -0.2) is 21.6 Å². The Morgan fingerprint density at radius 2 is 1.70 bits per heavy atom. The first-order chi connectivity index (χ1) is 18.9. The van der Waals surface area contributed by atoms with Crippen LogP contribution < -0.4 is 10.6 Å². The lowest BCUT2D eigenvalue weighted by Gasteiger charge is -2.42. The summed E-state index contributed by atoms with van der Waals surface area (Å²) < 4.78 is 73.0. The maximum atomic E-state index is 13.7. The molecule has 2 amide bonds. The average Bonchev–Trinajstić information content (AvgIpc) is 3.48. The Morgan fingerprint density at radius 3 is 2.30 bits per heavy atom. The van der Waals surface area contributed by atoms with E-state index in [9.17, 15) is 36.3 Å². The summed E-state index contributed by atoms with van der Waals surface area (Å²) in [4.78, 5) is 24.9. The molecule has 3 aliphatic rings. The van der Waals surface area contributed by atoms with Crippen molar-refractivity contribution in [3.8, 4) is 0 Å². The number of carbonyl (C=O) groups is 2. The highest BCUT2D eigenvalue weighted by Crippen LogP contribution is 2.52. The van der Waals surface area contributed by atoms with Crippen molar-refractivity contribution in [3.05, 3.63) is 58.4 Å². The first-order valence-electron chi connectivity index (χ1n) is 13.0. The van der Waals surface area contributed by atoms with Crippen LogP contribution in [0.25, 0.3) is 0 Å². The van der Waals surface area contributed by atoms with Gasteiger partial charge in [-0.15, -0.1) is 0 Å². The number of ether oxygens (including phenoxy) is 1. The van der Waals surface area contributed by atoms with Crippen molar-refractivity contribution in [3.63, 3.8) is 0 Å². The molecule has 0 spiro atoms. The van der Waals surface area contributed by atoms with Gasteiger partial charge in [0, 0.05) is 36.5 Å². The maximum Gasteiger partial charge on any atom is 0.255 e. The van der Waals surface area contributed by atoms with Gasteiger partial charge in [-0.3, -0.25) is 9.59 Å². The van der Waals surface area contributed by atoms with Crippen LogP contribution in [0.1, 0.15) is 42.5 Å². The van der Waals surface area contributed by atoms with E-state index >= 15 is 0 Å². The molecule has 0 radical (unpaired) electrons. The van der Waals surface area contributed by atoms with Crippen LogP contribution in [-0.2, 0) is 19.4 Å². The highest BCUT2D eigenvalue weighted by atomic mass is 35.5. The quantitative estimate of drug-likeness (QED) is 0.415. The normalized spacial score (nSPS) is 27.9. The molecule has 2 aromatic carbocycles. The van der Waals surface area contributed by atoms with E-state index in [2.05, 4.69) is 10.6 Å². The van der Waals surface area contributed by atoms with Crippen molar-refractivity contribution in [2.75, 3.05) is 25.1 Å². The van der Waals surface area contributed by atoms with Crippen LogP contribution in [0.2, 0.25) is 5.02 Å². The van der Waals surface area contributed by atoms with Crippen LogP contribution in [-0.4, -0.2) is 55.9 Å². The van der Waals surface area contributed by atoms with Gasteiger partial charge in [0.1, 0.15) is 0 Å². The SMILES string of the molecule is O=C(Nc1cc(F)c(F)c(F)c1)c1ccc(Cl)c(S(=O)(=O)[C@@H]2CC3CC[C@@H](C2)[C@@]3(O)CNC(=O)C2CCOC2)c1. The van der Waals surface area contributed by atoms with Gasteiger partial charge in [0.15, 0.2) is 27.3 Å². The number of rotatable bonds is 7. The van der Waals surface area contributed by atoms with Gasteiger partial charge in [0.05, 0.1) is 33.3 Å². The molecular formula is C27H28ClF3N2O6S. The monoisotopic (exact) mass is 600 g/mol. The van der Waals surface area contributed by atoms with Crippen LogP contribution in [0.15, 0.2) is 35.2 Å². The fraction of sp³-hybridized carbons (Fsp3) is 0.481. The van der Waals surface area contributed by atoms with E-state index in [1.54, 1.807) is 0 Å². The third-order valence-electron chi connectivity index (χ3n) is 8.40. The number of hydrogen-bond acceptors (Lipinski definition) is 6. The van der Waals surface area contributed by atoms with Crippen LogP contribution >= 0.6 is 11.6 Å². The first kappa shape index (κ1) is 28.8. The molecule has 2 aromatic rings. The van der Waals surface area contributed by atoms with Crippen LogP contribution in [0.5, 0.6) is 0 Å². The topological polar surface area (TPSA) is 122 Å². The van der Waals surface area contributed by atoms with Gasteiger partial charge in [-0.1, -0.05) is 11.6 Å². The van der Waals surface area contributed by atoms with E-state index in [-0.39, 0.29) is 64.2 Å². The Kier molecular flexibility index (Phi) is 7.90. The molecule has 216 valence electrons. The molecule has 1 saturated heterocycles. The summed E-state index contributed by atoms with van der Waals surface area (Å²) in [6.07, 6.45) is 2.14. The summed E-state index contributed by atoms with van der Waals surface area (Å²) in [6, 6.07) is 4.80. The second-order valence-corrected chi connectivity index (χ2v) is 13.3. The summed E-state index contributed by atoms with van der Waals surface area (Å²) in [6.45, 7) is 0.889. The van der Waals surface area contributed by atoms with Gasteiger partial charge in [-0.2, -0.15) is 0 Å². The Morgan fingerprint density at radius 1 is 1.05 bits per heavy atom. The third kappa shape index (κ3) is 5.34. The third-order valence-corrected chi connectivity index (χ3v) is 11.1. The Balaban J connectivity index is 1.31. The number of amides is 2. The molecule has 2 bridgehead atoms. The number of fused-ring (bicyclic) bond motifs is 2. The molecule has 3 N–H and O–H groups in total.